The molecule has 0 saturated carbocycles. The molecule has 8 heteroatoms. The average molecular weight is 426 g/mol. The fraction of sp³-hybridized carbons (Fsp3) is 0.348. The van der Waals surface area contributed by atoms with E-state index in [0.29, 0.717) is 61.0 Å². The molecule has 2 aromatic rings. The van der Waals surface area contributed by atoms with Crippen molar-refractivity contribution in [2.24, 2.45) is 0 Å². The zero-order valence-electron chi connectivity index (χ0n) is 17.9. The van der Waals surface area contributed by atoms with Crippen LogP contribution < -0.4 is 14.2 Å². The van der Waals surface area contributed by atoms with Gasteiger partial charge < -0.3 is 24.0 Å². The van der Waals surface area contributed by atoms with Gasteiger partial charge in [0.25, 0.3) is 11.8 Å². The highest BCUT2D eigenvalue weighted by molar-refractivity contribution is 5.96. The van der Waals surface area contributed by atoms with Crippen molar-refractivity contribution in [3.05, 3.63) is 53.6 Å². The molecule has 1 heterocycles. The van der Waals surface area contributed by atoms with Crippen molar-refractivity contribution in [2.75, 3.05) is 40.4 Å². The molecule has 2 aromatic carbocycles. The monoisotopic (exact) mass is 426 g/mol. The number of carbonyl (C=O) groups is 3. The Kier molecular flexibility index (Phi) is 7.12. The largest absolute Gasteiger partial charge is 0.497 e. The van der Waals surface area contributed by atoms with Gasteiger partial charge in [0, 0.05) is 50.3 Å². The van der Waals surface area contributed by atoms with Crippen LogP contribution in [0.2, 0.25) is 0 Å². The summed E-state index contributed by atoms with van der Waals surface area (Å²) in [7, 11) is 3.07. The summed E-state index contributed by atoms with van der Waals surface area (Å²) in [6.45, 7) is 3.20. The fourth-order valence-electron chi connectivity index (χ4n) is 3.48. The number of esters is 1. The molecule has 0 aromatic heterocycles. The summed E-state index contributed by atoms with van der Waals surface area (Å²) < 4.78 is 15.6. The maximum Gasteiger partial charge on any atom is 0.308 e. The minimum absolute atomic E-state index is 0.136. The second-order valence-electron chi connectivity index (χ2n) is 7.16. The van der Waals surface area contributed by atoms with Crippen LogP contribution in [0, 0.1) is 0 Å². The van der Waals surface area contributed by atoms with Gasteiger partial charge in [-0.05, 0) is 36.8 Å². The second kappa shape index (κ2) is 9.97. The summed E-state index contributed by atoms with van der Waals surface area (Å²) in [5.74, 6) is 0.679. The molecule has 1 saturated heterocycles. The Bertz CT molecular complexity index is 952. The van der Waals surface area contributed by atoms with Crippen molar-refractivity contribution in [1.29, 1.82) is 0 Å². The lowest BCUT2D eigenvalue weighted by Crippen LogP contribution is -2.37. The number of amides is 2. The molecule has 3 rings (SSSR count). The van der Waals surface area contributed by atoms with Crippen LogP contribution in [0.5, 0.6) is 17.2 Å². The lowest BCUT2D eigenvalue weighted by molar-refractivity contribution is -0.131. The van der Waals surface area contributed by atoms with Crippen molar-refractivity contribution in [1.82, 2.24) is 9.80 Å². The van der Waals surface area contributed by atoms with E-state index in [0.717, 1.165) is 0 Å². The summed E-state index contributed by atoms with van der Waals surface area (Å²) >= 11 is 0. The highest BCUT2D eigenvalue weighted by Gasteiger charge is 2.24. The van der Waals surface area contributed by atoms with E-state index in [9.17, 15) is 14.4 Å². The highest BCUT2D eigenvalue weighted by Crippen LogP contribution is 2.24. The van der Waals surface area contributed by atoms with Crippen molar-refractivity contribution in [2.45, 2.75) is 13.3 Å². The van der Waals surface area contributed by atoms with Crippen LogP contribution in [-0.2, 0) is 4.79 Å². The molecule has 0 N–H and O–H groups in total. The first-order valence-corrected chi connectivity index (χ1v) is 10.0. The second-order valence-corrected chi connectivity index (χ2v) is 7.16. The molecule has 0 aliphatic carbocycles. The van der Waals surface area contributed by atoms with E-state index >= 15 is 0 Å². The number of ether oxygens (including phenoxy) is 3. The number of carbonyl (C=O) groups excluding carboxylic acids is 3. The maximum atomic E-state index is 13.0. The van der Waals surface area contributed by atoms with Gasteiger partial charge in [-0.1, -0.05) is 6.07 Å². The van der Waals surface area contributed by atoms with Crippen molar-refractivity contribution >= 4 is 17.8 Å². The van der Waals surface area contributed by atoms with Crippen LogP contribution in [0.3, 0.4) is 0 Å². The quantitative estimate of drug-likeness (QED) is 0.540. The lowest BCUT2D eigenvalue weighted by Gasteiger charge is -2.23. The number of rotatable bonds is 5. The van der Waals surface area contributed by atoms with E-state index in [4.69, 9.17) is 14.2 Å². The van der Waals surface area contributed by atoms with Gasteiger partial charge in [-0.15, -0.1) is 0 Å². The van der Waals surface area contributed by atoms with Crippen molar-refractivity contribution in [3.8, 4) is 17.2 Å². The first kappa shape index (κ1) is 22.1. The van der Waals surface area contributed by atoms with Gasteiger partial charge in [0.15, 0.2) is 0 Å². The van der Waals surface area contributed by atoms with E-state index in [1.807, 2.05) is 0 Å². The van der Waals surface area contributed by atoms with Gasteiger partial charge in [0.2, 0.25) is 0 Å². The van der Waals surface area contributed by atoms with E-state index in [1.54, 1.807) is 52.3 Å². The normalized spacial score (nSPS) is 13.9. The van der Waals surface area contributed by atoms with Crippen molar-refractivity contribution < 1.29 is 28.6 Å². The molecule has 0 atom stereocenters. The van der Waals surface area contributed by atoms with Gasteiger partial charge in [-0.2, -0.15) is 0 Å². The third-order valence-electron chi connectivity index (χ3n) is 5.01. The van der Waals surface area contributed by atoms with Crippen LogP contribution in [0.25, 0.3) is 0 Å². The summed E-state index contributed by atoms with van der Waals surface area (Å²) in [6.07, 6.45) is 0.655. The van der Waals surface area contributed by atoms with E-state index in [2.05, 4.69) is 0 Å². The third-order valence-corrected chi connectivity index (χ3v) is 5.01. The first-order valence-electron chi connectivity index (χ1n) is 10.0. The Balaban J connectivity index is 1.70. The predicted molar refractivity (Wildman–Crippen MR) is 114 cm³/mol. The molecule has 164 valence electrons. The smallest absolute Gasteiger partial charge is 0.308 e. The zero-order chi connectivity index (χ0) is 22.4. The third kappa shape index (κ3) is 5.53. The van der Waals surface area contributed by atoms with Gasteiger partial charge in [0.1, 0.15) is 17.2 Å². The van der Waals surface area contributed by atoms with E-state index in [-0.39, 0.29) is 11.8 Å². The minimum Gasteiger partial charge on any atom is -0.497 e. The Morgan fingerprint density at radius 2 is 1.29 bits per heavy atom. The summed E-state index contributed by atoms with van der Waals surface area (Å²) in [5, 5.41) is 0. The molecule has 1 aliphatic rings. The predicted octanol–water partition coefficient (Wildman–Crippen LogP) is 2.62. The molecule has 2 amide bonds. The van der Waals surface area contributed by atoms with Gasteiger partial charge in [0.05, 0.1) is 14.2 Å². The lowest BCUT2D eigenvalue weighted by atomic mass is 10.1. The van der Waals surface area contributed by atoms with Crippen LogP contribution in [-0.4, -0.2) is 68.0 Å². The Morgan fingerprint density at radius 3 is 1.84 bits per heavy atom. The van der Waals surface area contributed by atoms with Crippen LogP contribution in [0.4, 0.5) is 0 Å². The maximum absolute atomic E-state index is 13.0. The van der Waals surface area contributed by atoms with Gasteiger partial charge in [-0.25, -0.2) is 0 Å². The molecule has 1 fully saturated rings. The average Bonchev–Trinajstić information content (AvgIpc) is 3.03. The molecular weight excluding hydrogens is 400 g/mol. The summed E-state index contributed by atoms with van der Waals surface area (Å²) in [5.41, 5.74) is 0.918. The molecule has 0 unspecified atom stereocenters. The summed E-state index contributed by atoms with van der Waals surface area (Å²) in [4.78, 5) is 40.6. The molecule has 31 heavy (non-hydrogen) atoms. The molecule has 0 radical (unpaired) electrons. The Morgan fingerprint density at radius 1 is 0.742 bits per heavy atom. The van der Waals surface area contributed by atoms with Crippen LogP contribution in [0.15, 0.2) is 42.5 Å². The Hall–Kier alpha value is -3.55. The standard InChI is InChI=1S/C23H26N2O6/c1-16(26)31-19-7-4-6-17(12-19)22(27)24-8-5-9-25(11-10-24)23(28)18-13-20(29-2)15-21(14-18)30-3/h4,6-7,12-15H,5,8-11H2,1-3H3. The molecule has 0 spiro atoms. The van der Waals surface area contributed by atoms with Crippen molar-refractivity contribution in [3.63, 3.8) is 0 Å². The minimum atomic E-state index is -0.442. The highest BCUT2D eigenvalue weighted by atomic mass is 16.5. The summed E-state index contributed by atoms with van der Waals surface area (Å²) in [6, 6.07) is 11.6. The number of hydrogen-bond acceptors (Lipinski definition) is 6. The number of methoxy groups -OCH3 is 2. The first-order chi connectivity index (χ1) is 14.9. The van der Waals surface area contributed by atoms with Crippen LogP contribution >= 0.6 is 0 Å². The molecule has 8 nitrogen and oxygen atoms in total. The number of hydrogen-bond donors (Lipinski definition) is 0. The Labute approximate surface area is 181 Å². The SMILES string of the molecule is COc1cc(OC)cc(C(=O)N2CCCN(C(=O)c3cccc(OC(C)=O)c3)CC2)c1. The van der Waals surface area contributed by atoms with Gasteiger partial charge >= 0.3 is 5.97 Å². The number of nitrogens with zero attached hydrogens (tertiary/aromatic N) is 2. The molecular formula is C23H26N2O6. The van der Waals surface area contributed by atoms with E-state index < -0.39 is 5.97 Å². The van der Waals surface area contributed by atoms with Gasteiger partial charge in [-0.3, -0.25) is 14.4 Å². The van der Waals surface area contributed by atoms with Crippen LogP contribution in [0.1, 0.15) is 34.1 Å². The molecule has 0 bridgehead atoms. The topological polar surface area (TPSA) is 85.4 Å². The fourth-order valence-corrected chi connectivity index (χ4v) is 3.48. The van der Waals surface area contributed by atoms with E-state index in [1.165, 1.54) is 21.1 Å². The zero-order valence-corrected chi connectivity index (χ0v) is 17.9. The number of benzene rings is 2. The molecule has 1 aliphatic heterocycles.